The van der Waals surface area contributed by atoms with E-state index in [2.05, 4.69) is 12.2 Å². The molecule has 0 aromatic rings. The molecule has 1 N–H and O–H groups in total. The van der Waals surface area contributed by atoms with Gasteiger partial charge in [0.1, 0.15) is 0 Å². The minimum atomic E-state index is 0.786. The standard InChI is InChI=1S/C10H19N/c1-8-6-7-9-4-2-3-5-10(9)11-8/h8-11H,2-7H2,1H3/t8-,9-,10-/m1/s1. The Kier molecular flexibility index (Phi) is 2.17. The van der Waals surface area contributed by atoms with Crippen molar-refractivity contribution in [2.75, 3.05) is 0 Å². The van der Waals surface area contributed by atoms with Crippen LogP contribution in [0.25, 0.3) is 0 Å². The first-order chi connectivity index (χ1) is 5.36. The lowest BCUT2D eigenvalue weighted by atomic mass is 9.78. The number of nitrogens with one attached hydrogen (secondary N) is 1. The number of hydrogen-bond acceptors (Lipinski definition) is 1. The lowest BCUT2D eigenvalue weighted by Crippen LogP contribution is -2.47. The van der Waals surface area contributed by atoms with Crippen LogP contribution in [0.1, 0.15) is 45.4 Å². The molecule has 0 spiro atoms. The molecule has 0 aromatic heterocycles. The van der Waals surface area contributed by atoms with Gasteiger partial charge in [-0.1, -0.05) is 12.8 Å². The molecule has 0 bridgehead atoms. The maximum Gasteiger partial charge on any atom is 0.00978 e. The van der Waals surface area contributed by atoms with E-state index in [0.29, 0.717) is 0 Å². The monoisotopic (exact) mass is 153 g/mol. The van der Waals surface area contributed by atoms with E-state index in [9.17, 15) is 0 Å². The second-order valence-electron chi connectivity index (χ2n) is 4.30. The van der Waals surface area contributed by atoms with Gasteiger partial charge in [0.2, 0.25) is 0 Å². The zero-order valence-electron chi connectivity index (χ0n) is 7.47. The molecule has 1 aliphatic carbocycles. The Balaban J connectivity index is 1.93. The van der Waals surface area contributed by atoms with Gasteiger partial charge >= 0.3 is 0 Å². The normalized spacial score (nSPS) is 45.0. The predicted molar refractivity (Wildman–Crippen MR) is 47.6 cm³/mol. The second-order valence-corrected chi connectivity index (χ2v) is 4.30. The molecule has 1 heteroatoms. The van der Waals surface area contributed by atoms with Crippen LogP contribution in [0.5, 0.6) is 0 Å². The van der Waals surface area contributed by atoms with Crippen molar-refractivity contribution < 1.29 is 0 Å². The zero-order valence-corrected chi connectivity index (χ0v) is 7.47. The van der Waals surface area contributed by atoms with Gasteiger partial charge in [0, 0.05) is 12.1 Å². The Hall–Kier alpha value is -0.0400. The smallest absolute Gasteiger partial charge is 0.00978 e. The summed E-state index contributed by atoms with van der Waals surface area (Å²) in [6.07, 6.45) is 8.76. The van der Waals surface area contributed by atoms with Gasteiger partial charge in [-0.15, -0.1) is 0 Å². The van der Waals surface area contributed by atoms with Crippen LogP contribution in [0.2, 0.25) is 0 Å². The summed E-state index contributed by atoms with van der Waals surface area (Å²) in [4.78, 5) is 0. The van der Waals surface area contributed by atoms with E-state index in [4.69, 9.17) is 0 Å². The highest BCUT2D eigenvalue weighted by atomic mass is 15.0. The first-order valence-electron chi connectivity index (χ1n) is 5.12. The van der Waals surface area contributed by atoms with Gasteiger partial charge in [-0.3, -0.25) is 0 Å². The molecule has 0 radical (unpaired) electrons. The average Bonchev–Trinajstić information content (AvgIpc) is 2.04. The summed E-state index contributed by atoms with van der Waals surface area (Å²) in [5.74, 6) is 1.03. The Morgan fingerprint density at radius 1 is 1.00 bits per heavy atom. The molecule has 64 valence electrons. The molecule has 2 aliphatic rings. The highest BCUT2D eigenvalue weighted by Crippen LogP contribution is 2.31. The summed E-state index contributed by atoms with van der Waals surface area (Å²) < 4.78 is 0. The fraction of sp³-hybridized carbons (Fsp3) is 1.00. The van der Waals surface area contributed by atoms with Crippen molar-refractivity contribution in [2.24, 2.45) is 5.92 Å². The first-order valence-corrected chi connectivity index (χ1v) is 5.12. The van der Waals surface area contributed by atoms with E-state index in [1.807, 2.05) is 0 Å². The van der Waals surface area contributed by atoms with Crippen molar-refractivity contribution in [3.05, 3.63) is 0 Å². The number of piperidine rings is 1. The van der Waals surface area contributed by atoms with E-state index in [1.54, 1.807) is 0 Å². The molecule has 1 saturated heterocycles. The Morgan fingerprint density at radius 2 is 1.82 bits per heavy atom. The molecule has 2 fully saturated rings. The van der Waals surface area contributed by atoms with E-state index >= 15 is 0 Å². The third-order valence-electron chi connectivity index (χ3n) is 3.38. The van der Waals surface area contributed by atoms with E-state index < -0.39 is 0 Å². The number of fused-ring (bicyclic) bond motifs is 1. The summed E-state index contributed by atoms with van der Waals surface area (Å²) >= 11 is 0. The largest absolute Gasteiger partial charge is 0.311 e. The molecule has 1 saturated carbocycles. The lowest BCUT2D eigenvalue weighted by Gasteiger charge is -2.39. The fourth-order valence-corrected chi connectivity index (χ4v) is 2.69. The van der Waals surface area contributed by atoms with Crippen LogP contribution in [0, 0.1) is 5.92 Å². The van der Waals surface area contributed by atoms with Crippen LogP contribution in [-0.4, -0.2) is 12.1 Å². The number of hydrogen-bond donors (Lipinski definition) is 1. The molecule has 0 amide bonds. The Labute approximate surface area is 69.6 Å². The first kappa shape index (κ1) is 7.60. The highest BCUT2D eigenvalue weighted by molar-refractivity contribution is 4.87. The van der Waals surface area contributed by atoms with Gasteiger partial charge in [-0.25, -0.2) is 0 Å². The molecule has 1 nitrogen and oxygen atoms in total. The van der Waals surface area contributed by atoms with Gasteiger partial charge < -0.3 is 5.32 Å². The van der Waals surface area contributed by atoms with Crippen LogP contribution >= 0.6 is 0 Å². The molecule has 11 heavy (non-hydrogen) atoms. The Bertz CT molecular complexity index is 133. The second kappa shape index (κ2) is 3.14. The van der Waals surface area contributed by atoms with E-state index in [0.717, 1.165) is 18.0 Å². The third kappa shape index (κ3) is 1.58. The van der Waals surface area contributed by atoms with E-state index in [1.165, 1.54) is 38.5 Å². The molecule has 1 heterocycles. The lowest BCUT2D eigenvalue weighted by molar-refractivity contribution is 0.182. The molecule has 0 aromatic carbocycles. The van der Waals surface area contributed by atoms with Crippen molar-refractivity contribution >= 4 is 0 Å². The summed E-state index contributed by atoms with van der Waals surface area (Å²) in [6.45, 7) is 2.32. The van der Waals surface area contributed by atoms with Gasteiger partial charge in [-0.05, 0) is 38.5 Å². The topological polar surface area (TPSA) is 12.0 Å². The summed E-state index contributed by atoms with van der Waals surface area (Å²) in [6, 6.07) is 1.67. The maximum absolute atomic E-state index is 3.72. The van der Waals surface area contributed by atoms with Gasteiger partial charge in [0.15, 0.2) is 0 Å². The predicted octanol–water partition coefficient (Wildman–Crippen LogP) is 2.32. The molecule has 3 atom stereocenters. The highest BCUT2D eigenvalue weighted by Gasteiger charge is 2.29. The molecule has 1 aliphatic heterocycles. The quantitative estimate of drug-likeness (QED) is 0.563. The number of rotatable bonds is 0. The molecular formula is C10H19N. The van der Waals surface area contributed by atoms with Crippen molar-refractivity contribution in [1.82, 2.24) is 5.32 Å². The zero-order chi connectivity index (χ0) is 7.68. The van der Waals surface area contributed by atoms with Crippen LogP contribution in [0.15, 0.2) is 0 Å². The summed E-state index contributed by atoms with van der Waals surface area (Å²) in [5.41, 5.74) is 0. The SMILES string of the molecule is C[C@@H]1CC[C@H]2CCCC[C@H]2N1. The molecule has 2 rings (SSSR count). The van der Waals surface area contributed by atoms with Crippen LogP contribution < -0.4 is 5.32 Å². The van der Waals surface area contributed by atoms with Crippen molar-refractivity contribution in [1.29, 1.82) is 0 Å². The van der Waals surface area contributed by atoms with E-state index in [-0.39, 0.29) is 0 Å². The van der Waals surface area contributed by atoms with Crippen molar-refractivity contribution in [3.63, 3.8) is 0 Å². The minimum absolute atomic E-state index is 0.786. The van der Waals surface area contributed by atoms with Crippen LogP contribution in [0.4, 0.5) is 0 Å². The molecular weight excluding hydrogens is 134 g/mol. The van der Waals surface area contributed by atoms with Crippen molar-refractivity contribution in [2.45, 2.75) is 57.5 Å². The minimum Gasteiger partial charge on any atom is -0.311 e. The Morgan fingerprint density at radius 3 is 2.73 bits per heavy atom. The summed E-state index contributed by atoms with van der Waals surface area (Å²) in [5, 5.41) is 3.72. The third-order valence-corrected chi connectivity index (χ3v) is 3.38. The maximum atomic E-state index is 3.72. The van der Waals surface area contributed by atoms with Crippen LogP contribution in [-0.2, 0) is 0 Å². The van der Waals surface area contributed by atoms with Gasteiger partial charge in [0.05, 0.1) is 0 Å². The molecule has 0 unspecified atom stereocenters. The average molecular weight is 153 g/mol. The van der Waals surface area contributed by atoms with Crippen molar-refractivity contribution in [3.8, 4) is 0 Å². The van der Waals surface area contributed by atoms with Crippen LogP contribution in [0.3, 0.4) is 0 Å². The fourth-order valence-electron chi connectivity index (χ4n) is 2.69. The van der Waals surface area contributed by atoms with Gasteiger partial charge in [0.25, 0.3) is 0 Å². The van der Waals surface area contributed by atoms with Gasteiger partial charge in [-0.2, -0.15) is 0 Å². The summed E-state index contributed by atoms with van der Waals surface area (Å²) in [7, 11) is 0.